The zero-order chi connectivity index (χ0) is 16.1. The summed E-state index contributed by atoms with van der Waals surface area (Å²) in [6.45, 7) is 2.92. The van der Waals surface area contributed by atoms with Crippen LogP contribution in [0.25, 0.3) is 0 Å². The van der Waals surface area contributed by atoms with Gasteiger partial charge < -0.3 is 15.0 Å². The van der Waals surface area contributed by atoms with E-state index in [2.05, 4.69) is 22.3 Å². The van der Waals surface area contributed by atoms with Gasteiger partial charge in [-0.3, -0.25) is 4.79 Å². The van der Waals surface area contributed by atoms with E-state index in [9.17, 15) is 4.79 Å². The van der Waals surface area contributed by atoms with Gasteiger partial charge in [0.2, 0.25) is 5.91 Å². The third kappa shape index (κ3) is 5.12. The maximum absolute atomic E-state index is 12.4. The van der Waals surface area contributed by atoms with E-state index >= 15 is 0 Å². The predicted octanol–water partition coefficient (Wildman–Crippen LogP) is 3.04. The molecule has 0 bridgehead atoms. The van der Waals surface area contributed by atoms with E-state index in [4.69, 9.17) is 4.74 Å². The smallest absolute Gasteiger partial charge is 0.224 e. The van der Waals surface area contributed by atoms with E-state index in [1.807, 2.05) is 12.1 Å². The third-order valence-electron chi connectivity index (χ3n) is 5.23. The van der Waals surface area contributed by atoms with Crippen LogP contribution < -0.4 is 10.1 Å². The number of rotatable bonds is 5. The first-order valence-electron chi connectivity index (χ1n) is 8.88. The fourth-order valence-electron chi connectivity index (χ4n) is 3.75. The van der Waals surface area contributed by atoms with Crippen molar-refractivity contribution in [3.63, 3.8) is 0 Å². The molecule has 4 nitrogen and oxygen atoms in total. The standard InChI is InChI=1S/C19H28N2O2.ClH/c1-23-18-6-4-15(5-7-18)13-16-8-11-21(12-9-16)19(22)14-17-3-2-10-20-17;/h4-7,16-17,20H,2-3,8-14H2,1H3;1H. The van der Waals surface area contributed by atoms with E-state index in [-0.39, 0.29) is 12.4 Å². The molecule has 2 aliphatic heterocycles. The zero-order valence-corrected chi connectivity index (χ0v) is 15.3. The minimum absolute atomic E-state index is 0. The Labute approximate surface area is 151 Å². The monoisotopic (exact) mass is 352 g/mol. The molecule has 1 atom stereocenters. The Hall–Kier alpha value is -1.26. The summed E-state index contributed by atoms with van der Waals surface area (Å²) in [5.74, 6) is 1.94. The number of hydrogen-bond acceptors (Lipinski definition) is 3. The lowest BCUT2D eigenvalue weighted by Gasteiger charge is -2.32. The Morgan fingerprint density at radius 3 is 2.50 bits per heavy atom. The highest BCUT2D eigenvalue weighted by atomic mass is 35.5. The molecular weight excluding hydrogens is 324 g/mol. The third-order valence-corrected chi connectivity index (χ3v) is 5.23. The average molecular weight is 353 g/mol. The van der Waals surface area contributed by atoms with E-state index in [0.717, 1.165) is 51.1 Å². The highest BCUT2D eigenvalue weighted by molar-refractivity contribution is 5.85. The second-order valence-electron chi connectivity index (χ2n) is 6.87. The fourth-order valence-corrected chi connectivity index (χ4v) is 3.75. The fraction of sp³-hybridized carbons (Fsp3) is 0.632. The quantitative estimate of drug-likeness (QED) is 0.885. The van der Waals surface area contributed by atoms with Gasteiger partial charge in [0.25, 0.3) is 0 Å². The van der Waals surface area contributed by atoms with Crippen LogP contribution in [-0.4, -0.2) is 43.6 Å². The van der Waals surface area contributed by atoms with E-state index in [1.54, 1.807) is 7.11 Å². The second-order valence-corrected chi connectivity index (χ2v) is 6.87. The van der Waals surface area contributed by atoms with Gasteiger partial charge in [-0.2, -0.15) is 0 Å². The zero-order valence-electron chi connectivity index (χ0n) is 14.5. The topological polar surface area (TPSA) is 41.6 Å². The normalized spacial score (nSPS) is 21.4. The maximum Gasteiger partial charge on any atom is 0.224 e. The Bertz CT molecular complexity index is 507. The van der Waals surface area contributed by atoms with E-state index in [0.29, 0.717) is 24.3 Å². The van der Waals surface area contributed by atoms with E-state index < -0.39 is 0 Å². The summed E-state index contributed by atoms with van der Waals surface area (Å²) in [6.07, 6.45) is 6.40. The molecule has 5 heteroatoms. The molecule has 3 rings (SSSR count). The molecule has 1 aromatic rings. The van der Waals surface area contributed by atoms with Crippen molar-refractivity contribution in [3.05, 3.63) is 29.8 Å². The van der Waals surface area contributed by atoms with Crippen LogP contribution in [0.4, 0.5) is 0 Å². The number of likely N-dealkylation sites (tertiary alicyclic amines) is 1. The Kier molecular flexibility index (Phi) is 7.38. The Morgan fingerprint density at radius 1 is 1.21 bits per heavy atom. The molecule has 2 aliphatic rings. The summed E-state index contributed by atoms with van der Waals surface area (Å²) in [7, 11) is 1.70. The molecule has 1 aromatic carbocycles. The van der Waals surface area contributed by atoms with Crippen LogP contribution in [0.5, 0.6) is 5.75 Å². The van der Waals surface area contributed by atoms with Crippen LogP contribution in [0.2, 0.25) is 0 Å². The molecule has 24 heavy (non-hydrogen) atoms. The van der Waals surface area contributed by atoms with Crippen molar-refractivity contribution in [1.82, 2.24) is 10.2 Å². The lowest BCUT2D eigenvalue weighted by Crippen LogP contribution is -2.41. The van der Waals surface area contributed by atoms with Gasteiger partial charge >= 0.3 is 0 Å². The number of piperidine rings is 1. The number of nitrogens with zero attached hydrogens (tertiary/aromatic N) is 1. The number of benzene rings is 1. The summed E-state index contributed by atoms with van der Waals surface area (Å²) in [5, 5.41) is 3.42. The minimum Gasteiger partial charge on any atom is -0.497 e. The summed E-state index contributed by atoms with van der Waals surface area (Å²) < 4.78 is 5.20. The number of ether oxygens (including phenoxy) is 1. The molecule has 1 unspecified atom stereocenters. The molecule has 0 spiro atoms. The summed E-state index contributed by atoms with van der Waals surface area (Å²) in [5.41, 5.74) is 1.37. The molecule has 1 amide bonds. The predicted molar refractivity (Wildman–Crippen MR) is 98.9 cm³/mol. The van der Waals surface area contributed by atoms with Crippen molar-refractivity contribution >= 4 is 18.3 Å². The molecule has 0 aliphatic carbocycles. The molecule has 134 valence electrons. The summed E-state index contributed by atoms with van der Waals surface area (Å²) in [4.78, 5) is 14.4. The molecule has 2 heterocycles. The Balaban J connectivity index is 0.00000208. The number of carbonyl (C=O) groups is 1. The second kappa shape index (κ2) is 9.28. The number of hydrogen-bond donors (Lipinski definition) is 1. The first-order chi connectivity index (χ1) is 11.2. The average Bonchev–Trinajstić information content (AvgIpc) is 3.09. The van der Waals surface area contributed by atoms with Crippen LogP contribution in [0, 0.1) is 5.92 Å². The summed E-state index contributed by atoms with van der Waals surface area (Å²) in [6, 6.07) is 8.79. The highest BCUT2D eigenvalue weighted by Gasteiger charge is 2.25. The van der Waals surface area contributed by atoms with Gasteiger partial charge in [0.05, 0.1) is 7.11 Å². The number of halogens is 1. The summed E-state index contributed by atoms with van der Waals surface area (Å²) >= 11 is 0. The minimum atomic E-state index is 0. The van der Waals surface area contributed by atoms with Gasteiger partial charge in [0.15, 0.2) is 0 Å². The number of methoxy groups -OCH3 is 1. The molecule has 2 fully saturated rings. The van der Waals surface area contributed by atoms with Crippen molar-refractivity contribution in [2.45, 2.75) is 44.6 Å². The number of carbonyl (C=O) groups excluding carboxylic acids is 1. The van der Waals surface area contributed by atoms with Crippen molar-refractivity contribution in [3.8, 4) is 5.75 Å². The van der Waals surface area contributed by atoms with Gasteiger partial charge in [0, 0.05) is 25.6 Å². The van der Waals surface area contributed by atoms with Crippen molar-refractivity contribution in [2.75, 3.05) is 26.7 Å². The first kappa shape index (κ1) is 19.1. The lowest BCUT2D eigenvalue weighted by molar-refractivity contribution is -0.133. The molecule has 1 N–H and O–H groups in total. The first-order valence-corrected chi connectivity index (χ1v) is 8.88. The van der Waals surface area contributed by atoms with Crippen LogP contribution in [0.1, 0.15) is 37.7 Å². The highest BCUT2D eigenvalue weighted by Crippen LogP contribution is 2.24. The van der Waals surface area contributed by atoms with Crippen LogP contribution >= 0.6 is 12.4 Å². The van der Waals surface area contributed by atoms with Crippen molar-refractivity contribution in [2.24, 2.45) is 5.92 Å². The van der Waals surface area contributed by atoms with Gasteiger partial charge in [-0.15, -0.1) is 12.4 Å². The van der Waals surface area contributed by atoms with Crippen LogP contribution in [0.15, 0.2) is 24.3 Å². The van der Waals surface area contributed by atoms with Gasteiger partial charge in [0.1, 0.15) is 5.75 Å². The Morgan fingerprint density at radius 2 is 1.92 bits per heavy atom. The van der Waals surface area contributed by atoms with Gasteiger partial charge in [-0.25, -0.2) is 0 Å². The number of amides is 1. The number of nitrogens with one attached hydrogen (secondary N) is 1. The molecule has 0 aromatic heterocycles. The van der Waals surface area contributed by atoms with E-state index in [1.165, 1.54) is 12.0 Å². The SMILES string of the molecule is COc1ccc(CC2CCN(C(=O)CC3CCCN3)CC2)cc1.Cl. The van der Waals surface area contributed by atoms with Gasteiger partial charge in [-0.05, 0) is 62.3 Å². The molecule has 2 saturated heterocycles. The van der Waals surface area contributed by atoms with Crippen molar-refractivity contribution in [1.29, 1.82) is 0 Å². The molecule has 0 radical (unpaired) electrons. The lowest BCUT2D eigenvalue weighted by atomic mass is 9.90. The van der Waals surface area contributed by atoms with Crippen molar-refractivity contribution < 1.29 is 9.53 Å². The maximum atomic E-state index is 12.4. The molecular formula is C19H29ClN2O2. The molecule has 0 saturated carbocycles. The van der Waals surface area contributed by atoms with Crippen LogP contribution in [-0.2, 0) is 11.2 Å². The van der Waals surface area contributed by atoms with Crippen LogP contribution in [0.3, 0.4) is 0 Å². The van der Waals surface area contributed by atoms with Gasteiger partial charge in [-0.1, -0.05) is 12.1 Å². The largest absolute Gasteiger partial charge is 0.497 e.